The van der Waals surface area contributed by atoms with E-state index in [1.165, 1.54) is 0 Å². The van der Waals surface area contributed by atoms with Crippen LogP contribution in [-0.4, -0.2) is 12.3 Å². The van der Waals surface area contributed by atoms with E-state index < -0.39 is 0 Å². The second-order valence-electron chi connectivity index (χ2n) is 3.70. The van der Waals surface area contributed by atoms with Crippen molar-refractivity contribution >= 4 is 33.4 Å². The summed E-state index contributed by atoms with van der Waals surface area (Å²) < 4.78 is 11.1. The van der Waals surface area contributed by atoms with E-state index >= 15 is 0 Å². The Hall–Kier alpha value is -0.980. The quantitative estimate of drug-likeness (QED) is 0.672. The standard InChI is InChI=1S/C12H13BrN2O2S/c1-16-6-10-5-9(15-17-10)7-18-12-3-2-8(14)4-11(12)13/h2-5H,6-7,14H2,1H3. The maximum Gasteiger partial charge on any atom is 0.162 e. The average Bonchev–Trinajstić information content (AvgIpc) is 2.76. The molecule has 96 valence electrons. The number of hydrogen-bond donors (Lipinski definition) is 1. The molecule has 6 heteroatoms. The molecule has 0 aliphatic heterocycles. The van der Waals surface area contributed by atoms with Crippen molar-refractivity contribution in [1.29, 1.82) is 0 Å². The Morgan fingerprint density at radius 1 is 1.44 bits per heavy atom. The van der Waals surface area contributed by atoms with Gasteiger partial charge in [0.15, 0.2) is 5.76 Å². The lowest BCUT2D eigenvalue weighted by atomic mass is 10.3. The summed E-state index contributed by atoms with van der Waals surface area (Å²) in [6, 6.07) is 7.66. The zero-order valence-electron chi connectivity index (χ0n) is 9.85. The van der Waals surface area contributed by atoms with Crippen molar-refractivity contribution in [2.45, 2.75) is 17.3 Å². The largest absolute Gasteiger partial charge is 0.399 e. The second-order valence-corrected chi connectivity index (χ2v) is 5.57. The first-order valence-electron chi connectivity index (χ1n) is 5.30. The Labute approximate surface area is 118 Å². The number of methoxy groups -OCH3 is 1. The molecule has 1 heterocycles. The summed E-state index contributed by atoms with van der Waals surface area (Å²) in [5.41, 5.74) is 7.34. The smallest absolute Gasteiger partial charge is 0.162 e. The van der Waals surface area contributed by atoms with E-state index in [-0.39, 0.29) is 0 Å². The van der Waals surface area contributed by atoms with E-state index in [1.807, 2.05) is 24.3 Å². The van der Waals surface area contributed by atoms with Gasteiger partial charge in [-0.15, -0.1) is 11.8 Å². The first-order chi connectivity index (χ1) is 8.69. The third kappa shape index (κ3) is 3.51. The number of hydrogen-bond acceptors (Lipinski definition) is 5. The molecule has 0 saturated carbocycles. The maximum atomic E-state index is 5.69. The molecule has 0 atom stereocenters. The summed E-state index contributed by atoms with van der Waals surface area (Å²) >= 11 is 5.16. The van der Waals surface area contributed by atoms with Crippen molar-refractivity contribution in [3.63, 3.8) is 0 Å². The van der Waals surface area contributed by atoms with Crippen molar-refractivity contribution in [3.8, 4) is 0 Å². The Kier molecular flexibility index (Phi) is 4.68. The summed E-state index contributed by atoms with van der Waals surface area (Å²) in [6.07, 6.45) is 0. The molecule has 0 aliphatic rings. The number of thioether (sulfide) groups is 1. The molecule has 2 rings (SSSR count). The van der Waals surface area contributed by atoms with E-state index in [1.54, 1.807) is 18.9 Å². The van der Waals surface area contributed by atoms with Crippen LogP contribution >= 0.6 is 27.7 Å². The fraction of sp³-hybridized carbons (Fsp3) is 0.250. The molecule has 0 aliphatic carbocycles. The normalized spacial score (nSPS) is 10.8. The Morgan fingerprint density at radius 2 is 2.28 bits per heavy atom. The number of rotatable bonds is 5. The minimum atomic E-state index is 0.448. The van der Waals surface area contributed by atoms with Crippen molar-refractivity contribution in [2.75, 3.05) is 12.8 Å². The van der Waals surface area contributed by atoms with Gasteiger partial charge in [0.1, 0.15) is 6.61 Å². The third-order valence-electron chi connectivity index (χ3n) is 2.23. The van der Waals surface area contributed by atoms with Crippen LogP contribution in [0.4, 0.5) is 5.69 Å². The van der Waals surface area contributed by atoms with Gasteiger partial charge in [-0.2, -0.15) is 0 Å². The number of ether oxygens (including phenoxy) is 1. The third-order valence-corrected chi connectivity index (χ3v) is 4.25. The minimum Gasteiger partial charge on any atom is -0.399 e. The van der Waals surface area contributed by atoms with Crippen molar-refractivity contribution in [1.82, 2.24) is 5.16 Å². The fourth-order valence-corrected chi connectivity index (χ4v) is 2.96. The van der Waals surface area contributed by atoms with Gasteiger partial charge in [0.2, 0.25) is 0 Å². The zero-order valence-corrected chi connectivity index (χ0v) is 12.3. The molecule has 18 heavy (non-hydrogen) atoms. The molecule has 0 radical (unpaired) electrons. The molecule has 2 aromatic rings. The number of nitrogen functional groups attached to an aromatic ring is 1. The monoisotopic (exact) mass is 328 g/mol. The van der Waals surface area contributed by atoms with Crippen molar-refractivity contribution in [2.24, 2.45) is 0 Å². The molecular weight excluding hydrogens is 316 g/mol. The molecule has 2 N–H and O–H groups in total. The second kappa shape index (κ2) is 6.26. The number of halogens is 1. The van der Waals surface area contributed by atoms with E-state index in [9.17, 15) is 0 Å². The zero-order chi connectivity index (χ0) is 13.0. The Morgan fingerprint density at radius 3 is 3.00 bits per heavy atom. The van der Waals surface area contributed by atoms with Gasteiger partial charge in [-0.05, 0) is 34.1 Å². The average molecular weight is 329 g/mol. The van der Waals surface area contributed by atoms with Crippen LogP contribution in [0.5, 0.6) is 0 Å². The van der Waals surface area contributed by atoms with Gasteiger partial charge in [0.05, 0.1) is 5.69 Å². The predicted octanol–water partition coefficient (Wildman–Crippen LogP) is 3.46. The van der Waals surface area contributed by atoms with E-state index in [2.05, 4.69) is 21.1 Å². The molecule has 0 bridgehead atoms. The summed E-state index contributed by atoms with van der Waals surface area (Å²) in [6.45, 7) is 0.448. The Balaban J connectivity index is 1.97. The Bertz CT molecular complexity index is 531. The van der Waals surface area contributed by atoms with Crippen LogP contribution in [-0.2, 0) is 17.1 Å². The molecular formula is C12H13BrN2O2S. The number of anilines is 1. The lowest BCUT2D eigenvalue weighted by Crippen LogP contribution is -1.86. The molecule has 0 amide bonds. The topological polar surface area (TPSA) is 61.3 Å². The van der Waals surface area contributed by atoms with Crippen molar-refractivity contribution < 1.29 is 9.26 Å². The van der Waals surface area contributed by atoms with Gasteiger partial charge < -0.3 is 15.0 Å². The van der Waals surface area contributed by atoms with Crippen LogP contribution in [0.2, 0.25) is 0 Å². The van der Waals surface area contributed by atoms with Gasteiger partial charge in [-0.3, -0.25) is 0 Å². The molecule has 0 saturated heterocycles. The highest BCUT2D eigenvalue weighted by Gasteiger charge is 2.06. The fourth-order valence-electron chi connectivity index (χ4n) is 1.42. The van der Waals surface area contributed by atoms with Crippen LogP contribution in [0.15, 0.2) is 38.2 Å². The van der Waals surface area contributed by atoms with E-state index in [0.717, 1.165) is 32.3 Å². The number of aromatic nitrogens is 1. The maximum absolute atomic E-state index is 5.69. The lowest BCUT2D eigenvalue weighted by molar-refractivity contribution is 0.156. The predicted molar refractivity (Wildman–Crippen MR) is 75.3 cm³/mol. The van der Waals surface area contributed by atoms with Crippen LogP contribution in [0.25, 0.3) is 0 Å². The molecule has 4 nitrogen and oxygen atoms in total. The highest BCUT2D eigenvalue weighted by atomic mass is 79.9. The van der Waals surface area contributed by atoms with Crippen molar-refractivity contribution in [3.05, 3.63) is 40.2 Å². The summed E-state index contributed by atoms with van der Waals surface area (Å²) in [5, 5.41) is 3.98. The first kappa shape index (κ1) is 13.5. The van der Waals surface area contributed by atoms with Gasteiger partial charge in [-0.1, -0.05) is 5.16 Å². The van der Waals surface area contributed by atoms with Crippen LogP contribution in [0.3, 0.4) is 0 Å². The summed E-state index contributed by atoms with van der Waals surface area (Å²) in [4.78, 5) is 1.13. The lowest BCUT2D eigenvalue weighted by Gasteiger charge is -2.03. The van der Waals surface area contributed by atoms with E-state index in [0.29, 0.717) is 6.61 Å². The van der Waals surface area contributed by atoms with Gasteiger partial charge >= 0.3 is 0 Å². The number of nitrogens with zero attached hydrogens (tertiary/aromatic N) is 1. The van der Waals surface area contributed by atoms with Crippen LogP contribution in [0.1, 0.15) is 11.5 Å². The van der Waals surface area contributed by atoms with Gasteiger partial charge in [-0.25, -0.2) is 0 Å². The summed E-state index contributed by atoms with van der Waals surface area (Å²) in [7, 11) is 1.63. The van der Waals surface area contributed by atoms with Gasteiger partial charge in [0, 0.05) is 34.0 Å². The van der Waals surface area contributed by atoms with E-state index in [4.69, 9.17) is 15.0 Å². The highest BCUT2D eigenvalue weighted by molar-refractivity contribution is 9.10. The molecule has 0 fully saturated rings. The molecule has 0 spiro atoms. The number of nitrogens with two attached hydrogens (primary N) is 1. The van der Waals surface area contributed by atoms with Crippen LogP contribution in [0, 0.1) is 0 Å². The minimum absolute atomic E-state index is 0.448. The highest BCUT2D eigenvalue weighted by Crippen LogP contribution is 2.31. The SMILES string of the molecule is COCc1cc(CSc2ccc(N)cc2Br)no1. The number of benzene rings is 1. The van der Waals surface area contributed by atoms with Gasteiger partial charge in [0.25, 0.3) is 0 Å². The molecule has 0 unspecified atom stereocenters. The van der Waals surface area contributed by atoms with Crippen LogP contribution < -0.4 is 5.73 Å². The summed E-state index contributed by atoms with van der Waals surface area (Å²) in [5.74, 6) is 1.49. The molecule has 1 aromatic carbocycles. The molecule has 1 aromatic heterocycles. The first-order valence-corrected chi connectivity index (χ1v) is 7.08.